The molecule has 0 radical (unpaired) electrons. The van der Waals surface area contributed by atoms with Crippen molar-refractivity contribution in [2.24, 2.45) is 11.8 Å². The monoisotopic (exact) mass is 228 g/mol. The summed E-state index contributed by atoms with van der Waals surface area (Å²) in [5, 5.41) is 19.7. The predicted molar refractivity (Wildman–Crippen MR) is 56.7 cm³/mol. The van der Waals surface area contributed by atoms with E-state index in [1.807, 2.05) is 0 Å². The van der Waals surface area contributed by atoms with E-state index in [9.17, 15) is 10.2 Å². The highest BCUT2D eigenvalue weighted by Gasteiger charge is 2.53. The van der Waals surface area contributed by atoms with Crippen LogP contribution in [0.1, 0.15) is 32.6 Å². The lowest BCUT2D eigenvalue weighted by Crippen LogP contribution is -2.49. The Bertz CT molecular complexity index is 270. The second-order valence-corrected chi connectivity index (χ2v) is 5.35. The van der Waals surface area contributed by atoms with Crippen molar-refractivity contribution in [3.05, 3.63) is 0 Å². The highest BCUT2D eigenvalue weighted by atomic mass is 16.8. The molecule has 92 valence electrons. The van der Waals surface area contributed by atoms with Crippen molar-refractivity contribution < 1.29 is 19.7 Å². The molecule has 2 heterocycles. The van der Waals surface area contributed by atoms with Crippen molar-refractivity contribution >= 4 is 0 Å². The molecule has 0 bridgehead atoms. The van der Waals surface area contributed by atoms with Crippen molar-refractivity contribution in [1.82, 2.24) is 0 Å². The van der Waals surface area contributed by atoms with E-state index in [-0.39, 0.29) is 18.5 Å². The molecule has 3 aliphatic rings. The van der Waals surface area contributed by atoms with Gasteiger partial charge in [-0.15, -0.1) is 0 Å². The number of aliphatic hydroxyl groups is 2. The first-order chi connectivity index (χ1) is 7.70. The zero-order valence-electron chi connectivity index (χ0n) is 9.58. The zero-order chi connectivity index (χ0) is 11.3. The number of hydrogen-bond donors (Lipinski definition) is 2. The Morgan fingerprint density at radius 1 is 1.19 bits per heavy atom. The van der Waals surface area contributed by atoms with Gasteiger partial charge in [0.05, 0.1) is 12.2 Å². The highest BCUT2D eigenvalue weighted by molar-refractivity contribution is 4.97. The summed E-state index contributed by atoms with van der Waals surface area (Å²) >= 11 is 0. The van der Waals surface area contributed by atoms with Gasteiger partial charge in [0.15, 0.2) is 6.29 Å². The minimum absolute atomic E-state index is 0.121. The minimum atomic E-state index is -0.740. The van der Waals surface area contributed by atoms with Crippen molar-refractivity contribution in [2.75, 3.05) is 0 Å². The third-order valence-electron chi connectivity index (χ3n) is 4.44. The number of ether oxygens (including phenoxy) is 2. The molecule has 4 nitrogen and oxygen atoms in total. The number of aliphatic hydroxyl groups excluding tert-OH is 2. The van der Waals surface area contributed by atoms with Crippen LogP contribution in [-0.2, 0) is 9.47 Å². The molecule has 2 N–H and O–H groups in total. The van der Waals surface area contributed by atoms with E-state index in [4.69, 9.17) is 9.47 Å². The summed E-state index contributed by atoms with van der Waals surface area (Å²) in [4.78, 5) is 0. The Balaban J connectivity index is 1.81. The first kappa shape index (κ1) is 11.0. The van der Waals surface area contributed by atoms with Crippen LogP contribution >= 0.6 is 0 Å². The van der Waals surface area contributed by atoms with Crippen LogP contribution in [0.25, 0.3) is 0 Å². The fraction of sp³-hybridized carbons (Fsp3) is 1.00. The van der Waals surface area contributed by atoms with Gasteiger partial charge in [-0.1, -0.05) is 13.3 Å². The largest absolute Gasteiger partial charge is 0.390 e. The fourth-order valence-corrected chi connectivity index (χ4v) is 3.37. The molecule has 0 aromatic rings. The maximum absolute atomic E-state index is 10.0. The summed E-state index contributed by atoms with van der Waals surface area (Å²) in [6.07, 6.45) is 2.31. The van der Waals surface area contributed by atoms with Crippen molar-refractivity contribution in [3.8, 4) is 0 Å². The van der Waals surface area contributed by atoms with Gasteiger partial charge in [-0.3, -0.25) is 0 Å². The van der Waals surface area contributed by atoms with Crippen LogP contribution in [-0.4, -0.2) is 40.9 Å². The van der Waals surface area contributed by atoms with E-state index in [1.54, 1.807) is 0 Å². The maximum atomic E-state index is 10.0. The fourth-order valence-electron chi connectivity index (χ4n) is 3.37. The lowest BCUT2D eigenvalue weighted by atomic mass is 9.73. The maximum Gasteiger partial charge on any atom is 0.184 e. The van der Waals surface area contributed by atoms with Gasteiger partial charge in [-0.2, -0.15) is 0 Å². The molecule has 0 aromatic heterocycles. The second kappa shape index (κ2) is 3.95. The predicted octanol–water partition coefficient (Wildman–Crippen LogP) is 0.658. The van der Waals surface area contributed by atoms with Gasteiger partial charge >= 0.3 is 0 Å². The first-order valence-electron chi connectivity index (χ1n) is 6.37. The molecule has 1 aliphatic carbocycles. The molecule has 7 unspecified atom stereocenters. The Kier molecular flexibility index (Phi) is 2.70. The molecular formula is C12H20O4. The summed E-state index contributed by atoms with van der Waals surface area (Å²) in [7, 11) is 0. The number of epoxide rings is 1. The molecule has 16 heavy (non-hydrogen) atoms. The van der Waals surface area contributed by atoms with Crippen molar-refractivity contribution in [1.29, 1.82) is 0 Å². The highest BCUT2D eigenvalue weighted by Crippen LogP contribution is 2.45. The molecule has 0 amide bonds. The summed E-state index contributed by atoms with van der Waals surface area (Å²) in [5.74, 6) is 0.949. The second-order valence-electron chi connectivity index (χ2n) is 5.35. The van der Waals surface area contributed by atoms with Crippen LogP contribution in [0.3, 0.4) is 0 Å². The van der Waals surface area contributed by atoms with E-state index >= 15 is 0 Å². The third kappa shape index (κ3) is 1.68. The van der Waals surface area contributed by atoms with E-state index in [0.29, 0.717) is 18.3 Å². The molecule has 7 atom stereocenters. The Hall–Kier alpha value is -0.160. The van der Waals surface area contributed by atoms with Gasteiger partial charge in [0.2, 0.25) is 0 Å². The van der Waals surface area contributed by atoms with E-state index < -0.39 is 12.2 Å². The summed E-state index contributed by atoms with van der Waals surface area (Å²) < 4.78 is 11.2. The Morgan fingerprint density at radius 3 is 2.75 bits per heavy atom. The van der Waals surface area contributed by atoms with Gasteiger partial charge < -0.3 is 19.7 Å². The molecule has 2 saturated heterocycles. The van der Waals surface area contributed by atoms with Gasteiger partial charge in [-0.05, 0) is 31.1 Å². The topological polar surface area (TPSA) is 62.2 Å². The smallest absolute Gasteiger partial charge is 0.184 e. The average Bonchev–Trinajstić information content (AvgIpc) is 3.00. The quantitative estimate of drug-likeness (QED) is 0.647. The Morgan fingerprint density at radius 2 is 2.00 bits per heavy atom. The molecule has 3 rings (SSSR count). The van der Waals surface area contributed by atoms with Crippen LogP contribution in [0, 0.1) is 11.8 Å². The summed E-state index contributed by atoms with van der Waals surface area (Å²) in [6, 6.07) is 0. The summed E-state index contributed by atoms with van der Waals surface area (Å²) in [6.45, 7) is 2.18. The average molecular weight is 228 g/mol. The van der Waals surface area contributed by atoms with Crippen LogP contribution in [0.2, 0.25) is 0 Å². The molecular weight excluding hydrogens is 208 g/mol. The molecule has 2 aliphatic heterocycles. The van der Waals surface area contributed by atoms with Crippen molar-refractivity contribution in [3.63, 3.8) is 0 Å². The summed E-state index contributed by atoms with van der Waals surface area (Å²) in [5.41, 5.74) is 0. The van der Waals surface area contributed by atoms with Gasteiger partial charge in [0.25, 0.3) is 0 Å². The SMILES string of the molecule is CCC1CC2OC2OC2C(O)C(O)CCC12. The van der Waals surface area contributed by atoms with Crippen LogP contribution in [0.15, 0.2) is 0 Å². The normalized spacial score (nSPS) is 56.1. The lowest BCUT2D eigenvalue weighted by Gasteiger charge is -2.40. The minimum Gasteiger partial charge on any atom is -0.390 e. The molecule has 0 aromatic carbocycles. The van der Waals surface area contributed by atoms with Crippen molar-refractivity contribution in [2.45, 2.75) is 63.3 Å². The molecule has 0 spiro atoms. The van der Waals surface area contributed by atoms with Crippen LogP contribution < -0.4 is 0 Å². The third-order valence-corrected chi connectivity index (χ3v) is 4.44. The molecule has 4 heteroatoms. The number of rotatable bonds is 1. The Labute approximate surface area is 95.6 Å². The van der Waals surface area contributed by atoms with E-state index in [0.717, 1.165) is 19.3 Å². The number of hydrogen-bond acceptors (Lipinski definition) is 4. The van der Waals surface area contributed by atoms with Crippen LogP contribution in [0.5, 0.6) is 0 Å². The lowest BCUT2D eigenvalue weighted by molar-refractivity contribution is -0.163. The number of fused-ring (bicyclic) bond motifs is 2. The van der Waals surface area contributed by atoms with E-state index in [1.165, 1.54) is 0 Å². The molecule has 3 fully saturated rings. The van der Waals surface area contributed by atoms with Crippen LogP contribution in [0.4, 0.5) is 0 Å². The van der Waals surface area contributed by atoms with Gasteiger partial charge in [0, 0.05) is 0 Å². The molecule has 1 saturated carbocycles. The first-order valence-corrected chi connectivity index (χ1v) is 6.37. The zero-order valence-corrected chi connectivity index (χ0v) is 9.58. The standard InChI is InChI=1S/C12H20O4/c1-2-6-5-9-12(15-9)16-11-7(6)3-4-8(13)10(11)14/h6-14H,2-5H2,1H3. The van der Waals surface area contributed by atoms with E-state index in [2.05, 4.69) is 6.92 Å². The van der Waals surface area contributed by atoms with Gasteiger partial charge in [0.1, 0.15) is 12.2 Å². The van der Waals surface area contributed by atoms with Gasteiger partial charge in [-0.25, -0.2) is 0 Å².